The van der Waals surface area contributed by atoms with Gasteiger partial charge in [-0.1, -0.05) is 18.2 Å². The van der Waals surface area contributed by atoms with Gasteiger partial charge in [0.05, 0.1) is 10.6 Å². The molecule has 1 amide bonds. The second-order valence-electron chi connectivity index (χ2n) is 6.59. The first-order chi connectivity index (χ1) is 13.7. The molecular weight excluding hydrogens is 414 g/mol. The smallest absolute Gasteiger partial charge is 0.253 e. The first-order valence-electron chi connectivity index (χ1n) is 9.18. The van der Waals surface area contributed by atoms with Crippen molar-refractivity contribution in [3.05, 3.63) is 60.2 Å². The van der Waals surface area contributed by atoms with E-state index in [-0.39, 0.29) is 42.7 Å². The Kier molecular flexibility index (Phi) is 6.25. The van der Waals surface area contributed by atoms with Crippen molar-refractivity contribution in [2.45, 2.75) is 11.8 Å². The Hall–Kier alpha value is -2.43. The van der Waals surface area contributed by atoms with E-state index in [1.165, 1.54) is 23.4 Å². The van der Waals surface area contributed by atoms with Crippen molar-refractivity contribution in [1.82, 2.24) is 9.21 Å². The highest BCUT2D eigenvalue weighted by Gasteiger charge is 2.30. The number of sulfonamides is 2. The number of piperazine rings is 1. The Morgan fingerprint density at radius 2 is 1.48 bits per heavy atom. The van der Waals surface area contributed by atoms with Crippen LogP contribution in [0.2, 0.25) is 0 Å². The van der Waals surface area contributed by atoms with Crippen LogP contribution < -0.4 is 4.72 Å². The van der Waals surface area contributed by atoms with E-state index in [0.717, 1.165) is 0 Å². The predicted octanol–water partition coefficient (Wildman–Crippen LogP) is 1.59. The molecular formula is C19H23N3O5S2. The summed E-state index contributed by atoms with van der Waals surface area (Å²) in [5.41, 5.74) is 0.811. The number of carbonyl (C=O) groups excluding carboxylic acids is 1. The first kappa shape index (κ1) is 21.3. The number of rotatable bonds is 6. The zero-order chi connectivity index (χ0) is 21.1. The summed E-state index contributed by atoms with van der Waals surface area (Å²) in [6.07, 6.45) is 0. The molecule has 1 aliphatic rings. The van der Waals surface area contributed by atoms with Crippen LogP contribution in [-0.4, -0.2) is 63.9 Å². The summed E-state index contributed by atoms with van der Waals surface area (Å²) in [5, 5.41) is 0. The van der Waals surface area contributed by atoms with Gasteiger partial charge in [-0.3, -0.25) is 9.52 Å². The van der Waals surface area contributed by atoms with E-state index in [1.54, 1.807) is 47.4 Å². The highest BCUT2D eigenvalue weighted by atomic mass is 32.2. The van der Waals surface area contributed by atoms with Gasteiger partial charge >= 0.3 is 0 Å². The highest BCUT2D eigenvalue weighted by Crippen LogP contribution is 2.19. The second kappa shape index (κ2) is 8.52. The molecule has 1 fully saturated rings. The van der Waals surface area contributed by atoms with Crippen LogP contribution in [0.4, 0.5) is 5.69 Å². The van der Waals surface area contributed by atoms with E-state index >= 15 is 0 Å². The molecule has 0 atom stereocenters. The van der Waals surface area contributed by atoms with Gasteiger partial charge in [-0.15, -0.1) is 0 Å². The Labute approximate surface area is 171 Å². The summed E-state index contributed by atoms with van der Waals surface area (Å²) in [6, 6.07) is 14.4. The van der Waals surface area contributed by atoms with Crippen LogP contribution in [0.3, 0.4) is 0 Å². The molecule has 3 rings (SSSR count). The molecule has 10 heteroatoms. The lowest BCUT2D eigenvalue weighted by Crippen LogP contribution is -2.50. The van der Waals surface area contributed by atoms with E-state index in [1.807, 2.05) is 0 Å². The quantitative estimate of drug-likeness (QED) is 0.739. The van der Waals surface area contributed by atoms with Crippen LogP contribution in [0.15, 0.2) is 59.5 Å². The maximum absolute atomic E-state index is 12.7. The van der Waals surface area contributed by atoms with Gasteiger partial charge in [0.15, 0.2) is 0 Å². The average molecular weight is 438 g/mol. The zero-order valence-electron chi connectivity index (χ0n) is 16.0. The maximum Gasteiger partial charge on any atom is 0.253 e. The number of nitrogens with one attached hydrogen (secondary N) is 1. The highest BCUT2D eigenvalue weighted by molar-refractivity contribution is 7.92. The minimum absolute atomic E-state index is 0.0378. The average Bonchev–Trinajstić information content (AvgIpc) is 2.74. The predicted molar refractivity (Wildman–Crippen MR) is 111 cm³/mol. The number of hydrogen-bond acceptors (Lipinski definition) is 5. The Bertz CT molecular complexity index is 1060. The summed E-state index contributed by atoms with van der Waals surface area (Å²) in [7, 11) is -6.95. The van der Waals surface area contributed by atoms with Crippen LogP contribution in [0.25, 0.3) is 0 Å². The molecule has 2 aromatic carbocycles. The second-order valence-corrected chi connectivity index (χ2v) is 10.5. The normalized spacial score (nSPS) is 15.8. The number of hydrogen-bond donors (Lipinski definition) is 1. The molecule has 156 valence electrons. The molecule has 1 aliphatic heterocycles. The van der Waals surface area contributed by atoms with Gasteiger partial charge in [-0.25, -0.2) is 16.8 Å². The molecule has 1 N–H and O–H groups in total. The topological polar surface area (TPSA) is 104 Å². The monoisotopic (exact) mass is 437 g/mol. The number of amides is 1. The molecule has 29 heavy (non-hydrogen) atoms. The Morgan fingerprint density at radius 3 is 2.03 bits per heavy atom. The third-order valence-electron chi connectivity index (χ3n) is 4.69. The summed E-state index contributed by atoms with van der Waals surface area (Å²) in [6.45, 7) is 2.55. The first-order valence-corrected chi connectivity index (χ1v) is 12.3. The summed E-state index contributed by atoms with van der Waals surface area (Å²) < 4.78 is 52.4. The van der Waals surface area contributed by atoms with Crippen molar-refractivity contribution < 1.29 is 21.6 Å². The van der Waals surface area contributed by atoms with E-state index in [9.17, 15) is 21.6 Å². The van der Waals surface area contributed by atoms with Gasteiger partial charge in [0.1, 0.15) is 0 Å². The summed E-state index contributed by atoms with van der Waals surface area (Å²) in [4.78, 5) is 14.5. The molecule has 8 nitrogen and oxygen atoms in total. The standard InChI is InChI=1S/C19H23N3O5S2/c1-2-28(24,25)20-17-10-8-16(9-11-17)19(23)21-12-14-22(15-13-21)29(26,27)18-6-4-3-5-7-18/h3-11,20H,2,12-15H2,1H3. The molecule has 0 aliphatic carbocycles. The molecule has 0 saturated carbocycles. The van der Waals surface area contributed by atoms with Gasteiger partial charge < -0.3 is 4.90 Å². The van der Waals surface area contributed by atoms with E-state index in [2.05, 4.69) is 4.72 Å². The Balaban J connectivity index is 1.63. The van der Waals surface area contributed by atoms with Crippen LogP contribution in [-0.2, 0) is 20.0 Å². The SMILES string of the molecule is CCS(=O)(=O)Nc1ccc(C(=O)N2CCN(S(=O)(=O)c3ccccc3)CC2)cc1. The third kappa shape index (κ3) is 4.95. The minimum Gasteiger partial charge on any atom is -0.336 e. The molecule has 0 aromatic heterocycles. The van der Waals surface area contributed by atoms with Crippen molar-refractivity contribution in [3.8, 4) is 0 Å². The van der Waals surface area contributed by atoms with Crippen LogP contribution in [0.1, 0.15) is 17.3 Å². The van der Waals surface area contributed by atoms with Gasteiger partial charge in [-0.05, 0) is 43.3 Å². The van der Waals surface area contributed by atoms with Gasteiger partial charge in [-0.2, -0.15) is 4.31 Å². The third-order valence-corrected chi connectivity index (χ3v) is 7.91. The van der Waals surface area contributed by atoms with E-state index < -0.39 is 20.0 Å². The van der Waals surface area contributed by atoms with Crippen molar-refractivity contribution >= 4 is 31.6 Å². The van der Waals surface area contributed by atoms with Crippen LogP contribution in [0, 0.1) is 0 Å². The van der Waals surface area contributed by atoms with Crippen molar-refractivity contribution in [2.75, 3.05) is 36.7 Å². The fraction of sp³-hybridized carbons (Fsp3) is 0.316. The molecule has 0 unspecified atom stereocenters. The Morgan fingerprint density at radius 1 is 0.897 bits per heavy atom. The maximum atomic E-state index is 12.7. The van der Waals surface area contributed by atoms with Gasteiger partial charge in [0, 0.05) is 37.4 Å². The van der Waals surface area contributed by atoms with E-state index in [0.29, 0.717) is 11.3 Å². The molecule has 0 bridgehead atoms. The molecule has 0 radical (unpaired) electrons. The number of benzene rings is 2. The lowest BCUT2D eigenvalue weighted by molar-refractivity contribution is 0.0698. The summed E-state index contributed by atoms with van der Waals surface area (Å²) >= 11 is 0. The minimum atomic E-state index is -3.57. The molecule has 1 heterocycles. The molecule has 1 saturated heterocycles. The molecule has 2 aromatic rings. The van der Waals surface area contributed by atoms with E-state index in [4.69, 9.17) is 0 Å². The number of nitrogens with zero attached hydrogens (tertiary/aromatic N) is 2. The molecule has 0 spiro atoms. The van der Waals surface area contributed by atoms with Crippen LogP contribution in [0.5, 0.6) is 0 Å². The van der Waals surface area contributed by atoms with Crippen molar-refractivity contribution in [2.24, 2.45) is 0 Å². The van der Waals surface area contributed by atoms with Crippen molar-refractivity contribution in [3.63, 3.8) is 0 Å². The van der Waals surface area contributed by atoms with Crippen LogP contribution >= 0.6 is 0 Å². The fourth-order valence-corrected chi connectivity index (χ4v) is 5.07. The fourth-order valence-electron chi connectivity index (χ4n) is 2.99. The lowest BCUT2D eigenvalue weighted by atomic mass is 10.1. The summed E-state index contributed by atoms with van der Waals surface area (Å²) in [5.74, 6) is -0.254. The van der Waals surface area contributed by atoms with Gasteiger partial charge in [0.25, 0.3) is 5.91 Å². The van der Waals surface area contributed by atoms with Crippen molar-refractivity contribution in [1.29, 1.82) is 0 Å². The zero-order valence-corrected chi connectivity index (χ0v) is 17.6. The largest absolute Gasteiger partial charge is 0.336 e. The number of anilines is 1. The number of carbonyl (C=O) groups is 1. The lowest BCUT2D eigenvalue weighted by Gasteiger charge is -2.34. The van der Waals surface area contributed by atoms with Gasteiger partial charge in [0.2, 0.25) is 20.0 Å².